The van der Waals surface area contributed by atoms with Gasteiger partial charge in [0.15, 0.2) is 6.10 Å². The third kappa shape index (κ3) is 25.3. The van der Waals surface area contributed by atoms with Crippen molar-refractivity contribution in [3.63, 3.8) is 0 Å². The molecule has 0 spiro atoms. The summed E-state index contributed by atoms with van der Waals surface area (Å²) in [5.74, 6) is -1.65. The first kappa shape index (κ1) is 49.5. The Morgan fingerprint density at radius 2 is 0.943 bits per heavy atom. The highest BCUT2D eigenvalue weighted by atomic mass is 31.2. The van der Waals surface area contributed by atoms with Crippen LogP contribution in [0.2, 0.25) is 0 Å². The SMILES string of the molecule is CCCCCCCCCCCC(=O)N[C@H]1[C@@H](OC(=O)CCCCCCCCCCC)O[C@H](CO)[C@@H](OP(=O)(O)O)[C@@H]1OC(=O)CCCCCCCCC. The summed E-state index contributed by atoms with van der Waals surface area (Å²) in [5, 5.41) is 13.0. The van der Waals surface area contributed by atoms with Gasteiger partial charge in [0.1, 0.15) is 18.2 Å². The van der Waals surface area contributed by atoms with E-state index in [9.17, 15) is 33.8 Å². The van der Waals surface area contributed by atoms with Gasteiger partial charge >= 0.3 is 19.8 Å². The third-order valence-corrected chi connectivity index (χ3v) is 10.4. The zero-order chi connectivity index (χ0) is 39.2. The molecular formula is C40H76NO11P. The van der Waals surface area contributed by atoms with Crippen molar-refractivity contribution in [1.82, 2.24) is 5.32 Å². The fourth-order valence-electron chi connectivity index (χ4n) is 6.79. The maximum atomic E-state index is 13.3. The number of esters is 2. The van der Waals surface area contributed by atoms with Crippen LogP contribution in [0.15, 0.2) is 0 Å². The highest BCUT2D eigenvalue weighted by Crippen LogP contribution is 2.42. The Kier molecular flexibility index (Phi) is 29.5. The number of aliphatic hydroxyl groups excluding tert-OH is 1. The summed E-state index contributed by atoms with van der Waals surface area (Å²) in [7, 11) is -5.19. The second-order valence-corrected chi connectivity index (χ2v) is 16.0. The normalized spacial score (nSPS) is 20.3. The lowest BCUT2D eigenvalue weighted by atomic mass is 9.96. The van der Waals surface area contributed by atoms with Gasteiger partial charge in [-0.3, -0.25) is 18.9 Å². The van der Waals surface area contributed by atoms with E-state index in [2.05, 4.69) is 26.1 Å². The van der Waals surface area contributed by atoms with E-state index < -0.39 is 62.9 Å². The quantitative estimate of drug-likeness (QED) is 0.0278. The van der Waals surface area contributed by atoms with Crippen molar-refractivity contribution < 1.29 is 52.6 Å². The first-order valence-corrected chi connectivity index (χ1v) is 22.8. The first-order chi connectivity index (χ1) is 25.6. The smallest absolute Gasteiger partial charge is 0.457 e. The average molecular weight is 778 g/mol. The molecule has 1 saturated heterocycles. The van der Waals surface area contributed by atoms with E-state index >= 15 is 0 Å². The van der Waals surface area contributed by atoms with Crippen LogP contribution in [0.25, 0.3) is 0 Å². The summed E-state index contributed by atoms with van der Waals surface area (Å²) in [6.07, 6.45) is 20.3. The predicted octanol–water partition coefficient (Wildman–Crippen LogP) is 9.10. The molecule has 312 valence electrons. The Balaban J connectivity index is 3.01. The van der Waals surface area contributed by atoms with Gasteiger partial charge in [-0.15, -0.1) is 0 Å². The molecular weight excluding hydrogens is 701 g/mol. The second-order valence-electron chi connectivity index (χ2n) is 14.9. The van der Waals surface area contributed by atoms with E-state index in [-0.39, 0.29) is 19.3 Å². The van der Waals surface area contributed by atoms with Gasteiger partial charge in [-0.2, -0.15) is 0 Å². The molecule has 0 aliphatic carbocycles. The number of ether oxygens (including phenoxy) is 3. The van der Waals surface area contributed by atoms with E-state index in [4.69, 9.17) is 18.7 Å². The van der Waals surface area contributed by atoms with Crippen molar-refractivity contribution in [1.29, 1.82) is 0 Å². The van der Waals surface area contributed by atoms with Crippen molar-refractivity contribution in [2.45, 2.75) is 231 Å². The summed E-state index contributed by atoms with van der Waals surface area (Å²) in [6, 6.07) is -1.33. The molecule has 0 bridgehead atoms. The molecule has 1 aliphatic rings. The Morgan fingerprint density at radius 1 is 0.566 bits per heavy atom. The van der Waals surface area contributed by atoms with Crippen LogP contribution in [-0.4, -0.2) is 70.0 Å². The molecule has 1 aliphatic heterocycles. The molecule has 12 nitrogen and oxygen atoms in total. The second kappa shape index (κ2) is 31.6. The fourth-order valence-corrected chi connectivity index (χ4v) is 7.36. The number of phosphoric ester groups is 1. The number of unbranched alkanes of at least 4 members (excludes halogenated alkanes) is 22. The Bertz CT molecular complexity index is 994. The highest BCUT2D eigenvalue weighted by molar-refractivity contribution is 7.46. The molecule has 1 rings (SSSR count). The molecule has 4 N–H and O–H groups in total. The Morgan fingerprint density at radius 3 is 1.34 bits per heavy atom. The van der Waals surface area contributed by atoms with E-state index in [1.54, 1.807) is 0 Å². The molecule has 0 saturated carbocycles. The molecule has 0 aromatic rings. The zero-order valence-electron chi connectivity index (χ0n) is 33.4. The fraction of sp³-hybridized carbons (Fsp3) is 0.925. The number of carbonyl (C=O) groups is 3. The molecule has 1 amide bonds. The van der Waals surface area contributed by atoms with Gasteiger partial charge in [0.25, 0.3) is 0 Å². The molecule has 13 heteroatoms. The largest absolute Gasteiger partial charge is 0.470 e. The van der Waals surface area contributed by atoms with Gasteiger partial charge in [-0.25, -0.2) is 4.57 Å². The first-order valence-electron chi connectivity index (χ1n) is 21.2. The molecule has 1 fully saturated rings. The molecule has 1 heterocycles. The van der Waals surface area contributed by atoms with Crippen LogP contribution in [0.5, 0.6) is 0 Å². The van der Waals surface area contributed by atoms with Crippen LogP contribution >= 0.6 is 7.82 Å². The van der Waals surface area contributed by atoms with Gasteiger partial charge in [-0.05, 0) is 19.3 Å². The van der Waals surface area contributed by atoms with E-state index in [1.807, 2.05) is 0 Å². The van der Waals surface area contributed by atoms with Gasteiger partial charge in [-0.1, -0.05) is 162 Å². The summed E-state index contributed by atoms with van der Waals surface area (Å²) < 4.78 is 34.5. The van der Waals surface area contributed by atoms with Crippen LogP contribution in [0.4, 0.5) is 0 Å². The van der Waals surface area contributed by atoms with E-state index in [0.717, 1.165) is 83.5 Å². The van der Waals surface area contributed by atoms with Crippen LogP contribution in [-0.2, 0) is 37.7 Å². The number of carbonyl (C=O) groups excluding carboxylic acids is 3. The monoisotopic (exact) mass is 778 g/mol. The Hall–Kier alpha value is -1.56. The summed E-state index contributed by atoms with van der Waals surface area (Å²) in [5.41, 5.74) is 0. The van der Waals surface area contributed by atoms with Gasteiger partial charge < -0.3 is 34.4 Å². The van der Waals surface area contributed by atoms with Crippen LogP contribution in [0.1, 0.15) is 201 Å². The van der Waals surface area contributed by atoms with Gasteiger partial charge in [0.2, 0.25) is 12.2 Å². The van der Waals surface area contributed by atoms with E-state index in [1.165, 1.54) is 57.8 Å². The summed E-state index contributed by atoms with van der Waals surface area (Å²) in [6.45, 7) is 5.75. The van der Waals surface area contributed by atoms with Crippen LogP contribution in [0, 0.1) is 0 Å². The van der Waals surface area contributed by atoms with Crippen LogP contribution in [0.3, 0.4) is 0 Å². The third-order valence-electron chi connectivity index (χ3n) is 9.90. The van der Waals surface area contributed by atoms with Crippen molar-refractivity contribution in [2.75, 3.05) is 6.61 Å². The number of phosphoric acid groups is 1. The van der Waals surface area contributed by atoms with Crippen molar-refractivity contribution in [3.8, 4) is 0 Å². The minimum atomic E-state index is -5.19. The summed E-state index contributed by atoms with van der Waals surface area (Å²) >= 11 is 0. The summed E-state index contributed by atoms with van der Waals surface area (Å²) in [4.78, 5) is 59.1. The number of hydrogen-bond donors (Lipinski definition) is 4. The lowest BCUT2D eigenvalue weighted by Gasteiger charge is -2.44. The topological polar surface area (TPSA) is 178 Å². The van der Waals surface area contributed by atoms with E-state index in [0.29, 0.717) is 19.3 Å². The lowest BCUT2D eigenvalue weighted by molar-refractivity contribution is -0.264. The van der Waals surface area contributed by atoms with Crippen molar-refractivity contribution in [2.24, 2.45) is 0 Å². The predicted molar refractivity (Wildman–Crippen MR) is 207 cm³/mol. The maximum absolute atomic E-state index is 13.3. The molecule has 0 unspecified atom stereocenters. The Labute approximate surface area is 320 Å². The number of hydrogen-bond acceptors (Lipinski definition) is 9. The minimum absolute atomic E-state index is 0.0414. The van der Waals surface area contributed by atoms with Gasteiger partial charge in [0.05, 0.1) is 6.61 Å². The van der Waals surface area contributed by atoms with Crippen molar-refractivity contribution >= 4 is 25.7 Å². The molecule has 0 aromatic carbocycles. The number of amides is 1. The number of rotatable bonds is 34. The molecule has 53 heavy (non-hydrogen) atoms. The van der Waals surface area contributed by atoms with Gasteiger partial charge in [0, 0.05) is 19.3 Å². The minimum Gasteiger partial charge on any atom is -0.457 e. The molecule has 0 radical (unpaired) electrons. The average Bonchev–Trinajstić information content (AvgIpc) is 3.11. The lowest BCUT2D eigenvalue weighted by Crippen LogP contribution is -2.66. The number of nitrogens with one attached hydrogen (secondary N) is 1. The zero-order valence-corrected chi connectivity index (χ0v) is 34.3. The molecule has 0 aromatic heterocycles. The maximum Gasteiger partial charge on any atom is 0.470 e. The highest BCUT2D eigenvalue weighted by Gasteiger charge is 2.52. The number of aliphatic hydroxyl groups is 1. The van der Waals surface area contributed by atoms with Crippen molar-refractivity contribution in [3.05, 3.63) is 0 Å². The van der Waals surface area contributed by atoms with Crippen LogP contribution < -0.4 is 5.32 Å². The standard InChI is InChI=1S/C40H76NO11P/c1-4-7-10-13-16-18-21-23-26-29-34(43)41-37-39(50-35(44)30-27-24-20-15-12-9-6-3)38(52-53(46,47)48)33(32-42)49-40(37)51-36(45)31-28-25-22-19-17-14-11-8-5-2/h33,37-40,42H,4-32H2,1-3H3,(H,41,43)(H2,46,47,48)/t33-,37-,38-,39-,40-/m1/s1. The molecule has 5 atom stereocenters.